The summed E-state index contributed by atoms with van der Waals surface area (Å²) < 4.78 is 17.0. The first kappa shape index (κ1) is 16.6. The largest absolute Gasteiger partial charge is 0.411 e. The molecular formula is C16H27NO3Si. The van der Waals surface area contributed by atoms with Crippen molar-refractivity contribution in [1.29, 1.82) is 0 Å². The number of aromatic nitrogens is 1. The zero-order valence-corrected chi connectivity index (χ0v) is 15.0. The SMILES string of the molecule is COC1(c2ccc(CO[Si](C)(C)C(C)(C)C)nc2)COC1. The van der Waals surface area contributed by atoms with Gasteiger partial charge in [-0.15, -0.1) is 0 Å². The Labute approximate surface area is 129 Å². The Morgan fingerprint density at radius 1 is 1.29 bits per heavy atom. The Hall–Kier alpha value is -0.753. The molecule has 2 heterocycles. The van der Waals surface area contributed by atoms with E-state index in [9.17, 15) is 0 Å². The minimum absolute atomic E-state index is 0.219. The highest BCUT2D eigenvalue weighted by Gasteiger charge is 2.41. The van der Waals surface area contributed by atoms with Gasteiger partial charge in [0, 0.05) is 18.9 Å². The second kappa shape index (κ2) is 5.80. The van der Waals surface area contributed by atoms with Crippen LogP contribution in [0.15, 0.2) is 18.3 Å². The van der Waals surface area contributed by atoms with Gasteiger partial charge in [-0.25, -0.2) is 0 Å². The molecule has 1 aliphatic rings. The summed E-state index contributed by atoms with van der Waals surface area (Å²) >= 11 is 0. The van der Waals surface area contributed by atoms with E-state index in [-0.39, 0.29) is 10.6 Å². The molecule has 1 saturated heterocycles. The summed E-state index contributed by atoms with van der Waals surface area (Å²) in [6.07, 6.45) is 1.89. The predicted molar refractivity (Wildman–Crippen MR) is 85.7 cm³/mol. The number of nitrogens with zero attached hydrogens (tertiary/aromatic N) is 1. The lowest BCUT2D eigenvalue weighted by molar-refractivity contribution is -0.202. The van der Waals surface area contributed by atoms with Crippen molar-refractivity contribution in [2.75, 3.05) is 20.3 Å². The van der Waals surface area contributed by atoms with Crippen LogP contribution in [0.1, 0.15) is 32.0 Å². The van der Waals surface area contributed by atoms with E-state index >= 15 is 0 Å². The van der Waals surface area contributed by atoms with Gasteiger partial charge in [-0.3, -0.25) is 4.98 Å². The Bertz CT molecular complexity index is 470. The highest BCUT2D eigenvalue weighted by atomic mass is 28.4. The molecule has 1 fully saturated rings. The topological polar surface area (TPSA) is 40.6 Å². The molecule has 0 aromatic carbocycles. The fourth-order valence-electron chi connectivity index (χ4n) is 1.94. The van der Waals surface area contributed by atoms with Crippen molar-refractivity contribution in [3.8, 4) is 0 Å². The van der Waals surface area contributed by atoms with E-state index in [4.69, 9.17) is 13.9 Å². The van der Waals surface area contributed by atoms with Crippen LogP contribution in [0.3, 0.4) is 0 Å². The Kier molecular flexibility index (Phi) is 4.59. The first-order chi connectivity index (χ1) is 9.70. The van der Waals surface area contributed by atoms with Crippen molar-refractivity contribution in [3.05, 3.63) is 29.6 Å². The molecule has 0 N–H and O–H groups in total. The lowest BCUT2D eigenvalue weighted by Crippen LogP contribution is -2.48. The zero-order chi connectivity index (χ0) is 15.7. The van der Waals surface area contributed by atoms with Crippen LogP contribution in [0.25, 0.3) is 0 Å². The average Bonchev–Trinajstić information content (AvgIpc) is 2.36. The monoisotopic (exact) mass is 309 g/mol. The third-order valence-electron chi connectivity index (χ3n) is 4.80. The first-order valence-corrected chi connectivity index (χ1v) is 10.3. The van der Waals surface area contributed by atoms with Gasteiger partial charge in [0.25, 0.3) is 0 Å². The van der Waals surface area contributed by atoms with Crippen molar-refractivity contribution in [2.45, 2.75) is 51.1 Å². The van der Waals surface area contributed by atoms with Crippen molar-refractivity contribution in [1.82, 2.24) is 4.98 Å². The van der Waals surface area contributed by atoms with Crippen molar-refractivity contribution >= 4 is 8.32 Å². The van der Waals surface area contributed by atoms with Crippen LogP contribution < -0.4 is 0 Å². The number of hydrogen-bond acceptors (Lipinski definition) is 4. The Morgan fingerprint density at radius 2 is 1.95 bits per heavy atom. The minimum Gasteiger partial charge on any atom is -0.411 e. The third-order valence-corrected chi connectivity index (χ3v) is 9.28. The van der Waals surface area contributed by atoms with Crippen LogP contribution in [-0.2, 0) is 26.1 Å². The molecule has 0 amide bonds. The number of pyridine rings is 1. The van der Waals surface area contributed by atoms with Gasteiger partial charge >= 0.3 is 0 Å². The van der Waals surface area contributed by atoms with Crippen molar-refractivity contribution < 1.29 is 13.9 Å². The van der Waals surface area contributed by atoms with E-state index in [1.165, 1.54) is 0 Å². The van der Waals surface area contributed by atoms with Gasteiger partial charge in [-0.1, -0.05) is 26.8 Å². The van der Waals surface area contributed by atoms with Gasteiger partial charge in [0.1, 0.15) is 5.60 Å². The summed E-state index contributed by atoms with van der Waals surface area (Å²) in [5.74, 6) is 0. The normalized spacial score (nSPS) is 18.4. The van der Waals surface area contributed by atoms with Gasteiger partial charge in [-0.05, 0) is 24.2 Å². The van der Waals surface area contributed by atoms with E-state index in [1.54, 1.807) is 7.11 Å². The molecule has 4 nitrogen and oxygen atoms in total. The summed E-state index contributed by atoms with van der Waals surface area (Å²) in [6, 6.07) is 4.10. The summed E-state index contributed by atoms with van der Waals surface area (Å²) in [6.45, 7) is 13.0. The second-order valence-electron chi connectivity index (χ2n) is 7.28. The molecule has 0 spiro atoms. The second-order valence-corrected chi connectivity index (χ2v) is 12.1. The van der Waals surface area contributed by atoms with Gasteiger partial charge in [0.15, 0.2) is 8.32 Å². The molecule has 0 unspecified atom stereocenters. The van der Waals surface area contributed by atoms with Crippen LogP contribution in [0.4, 0.5) is 0 Å². The molecule has 0 atom stereocenters. The maximum absolute atomic E-state index is 6.19. The molecule has 1 aromatic rings. The highest BCUT2D eigenvalue weighted by Crippen LogP contribution is 2.37. The maximum Gasteiger partial charge on any atom is 0.192 e. The summed E-state index contributed by atoms with van der Waals surface area (Å²) in [5, 5.41) is 0.219. The molecule has 1 aromatic heterocycles. The maximum atomic E-state index is 6.19. The lowest BCUT2D eigenvalue weighted by atomic mass is 9.93. The Balaban J connectivity index is 2.00. The highest BCUT2D eigenvalue weighted by molar-refractivity contribution is 6.74. The molecule has 2 rings (SSSR count). The first-order valence-electron chi connectivity index (χ1n) is 7.42. The predicted octanol–water partition coefficient (Wildman–Crippen LogP) is 3.48. The number of methoxy groups -OCH3 is 1. The molecule has 0 bridgehead atoms. The third kappa shape index (κ3) is 3.37. The fraction of sp³-hybridized carbons (Fsp3) is 0.688. The number of hydrogen-bond donors (Lipinski definition) is 0. The van der Waals surface area contributed by atoms with E-state index in [0.29, 0.717) is 19.8 Å². The molecule has 5 heteroatoms. The van der Waals surface area contributed by atoms with E-state index < -0.39 is 8.32 Å². The number of ether oxygens (including phenoxy) is 2. The van der Waals surface area contributed by atoms with E-state index in [0.717, 1.165) is 11.3 Å². The standard InChI is InChI=1S/C16H27NO3Si/c1-15(2,3)21(5,6)20-10-14-8-7-13(9-17-14)16(18-4)11-19-12-16/h7-9H,10-12H2,1-6H3. The van der Waals surface area contributed by atoms with Gasteiger partial charge in [-0.2, -0.15) is 0 Å². The molecule has 0 radical (unpaired) electrons. The lowest BCUT2D eigenvalue weighted by Gasteiger charge is -2.40. The summed E-state index contributed by atoms with van der Waals surface area (Å²) in [7, 11) is -0.00596. The smallest absolute Gasteiger partial charge is 0.192 e. The van der Waals surface area contributed by atoms with Crippen LogP contribution in [0.5, 0.6) is 0 Å². The molecule has 21 heavy (non-hydrogen) atoms. The molecule has 118 valence electrons. The molecule has 0 aliphatic carbocycles. The van der Waals surface area contributed by atoms with Crippen LogP contribution >= 0.6 is 0 Å². The average molecular weight is 309 g/mol. The molecular weight excluding hydrogens is 282 g/mol. The zero-order valence-electron chi connectivity index (χ0n) is 14.0. The van der Waals surface area contributed by atoms with Crippen molar-refractivity contribution in [3.63, 3.8) is 0 Å². The Morgan fingerprint density at radius 3 is 2.33 bits per heavy atom. The minimum atomic E-state index is -1.73. The summed E-state index contributed by atoms with van der Waals surface area (Å²) in [5.41, 5.74) is 1.74. The number of rotatable bonds is 5. The fourth-order valence-corrected chi connectivity index (χ4v) is 2.88. The van der Waals surface area contributed by atoms with Gasteiger partial charge in [0.05, 0.1) is 25.5 Å². The molecule has 1 aliphatic heterocycles. The van der Waals surface area contributed by atoms with Gasteiger partial charge < -0.3 is 13.9 Å². The van der Waals surface area contributed by atoms with Crippen LogP contribution in [0, 0.1) is 0 Å². The quantitative estimate of drug-likeness (QED) is 0.781. The van der Waals surface area contributed by atoms with Crippen molar-refractivity contribution in [2.24, 2.45) is 0 Å². The summed E-state index contributed by atoms with van der Waals surface area (Å²) in [4.78, 5) is 4.52. The molecule has 0 saturated carbocycles. The van der Waals surface area contributed by atoms with Crippen LogP contribution in [-0.4, -0.2) is 33.6 Å². The van der Waals surface area contributed by atoms with Crippen LogP contribution in [0.2, 0.25) is 18.1 Å². The van der Waals surface area contributed by atoms with E-state index in [2.05, 4.69) is 44.9 Å². The van der Waals surface area contributed by atoms with E-state index in [1.807, 2.05) is 12.3 Å². The van der Waals surface area contributed by atoms with Gasteiger partial charge in [0.2, 0.25) is 0 Å².